The first-order valence-corrected chi connectivity index (χ1v) is 8.31. The standard InChI is InChI=1S/C16H24ClN3OS/c1-12-13(17)5-4-6-14(12)19-15(22)18-11-16(2,3)20-7-9-21-10-8-20/h4-6H,7-11H2,1-3H3,(H2,18,19,22). The van der Waals surface area contributed by atoms with Gasteiger partial charge in [-0.2, -0.15) is 0 Å². The van der Waals surface area contributed by atoms with Crippen molar-refractivity contribution >= 4 is 34.6 Å². The normalized spacial score (nSPS) is 16.4. The van der Waals surface area contributed by atoms with Gasteiger partial charge in [-0.3, -0.25) is 4.90 Å². The summed E-state index contributed by atoms with van der Waals surface area (Å²) in [5.74, 6) is 0. The molecule has 0 aliphatic carbocycles. The van der Waals surface area contributed by atoms with Crippen LogP contribution < -0.4 is 10.6 Å². The maximum absolute atomic E-state index is 6.13. The maximum Gasteiger partial charge on any atom is 0.170 e. The minimum atomic E-state index is 0.0267. The number of ether oxygens (including phenoxy) is 1. The Morgan fingerprint density at radius 2 is 2.05 bits per heavy atom. The molecule has 0 atom stereocenters. The van der Waals surface area contributed by atoms with E-state index in [9.17, 15) is 0 Å². The lowest BCUT2D eigenvalue weighted by molar-refractivity contribution is -0.00823. The van der Waals surface area contributed by atoms with E-state index in [1.807, 2.05) is 25.1 Å². The molecule has 6 heteroatoms. The number of hydrogen-bond donors (Lipinski definition) is 2. The van der Waals surface area contributed by atoms with Crippen molar-refractivity contribution in [3.8, 4) is 0 Å². The molecule has 0 amide bonds. The van der Waals surface area contributed by atoms with E-state index >= 15 is 0 Å². The number of thiocarbonyl (C=S) groups is 1. The fraction of sp³-hybridized carbons (Fsp3) is 0.562. The van der Waals surface area contributed by atoms with Crippen LogP contribution in [0.5, 0.6) is 0 Å². The van der Waals surface area contributed by atoms with Gasteiger partial charge in [-0.25, -0.2) is 0 Å². The van der Waals surface area contributed by atoms with E-state index in [-0.39, 0.29) is 5.54 Å². The molecule has 1 aromatic carbocycles. The third-order valence-corrected chi connectivity index (χ3v) is 4.72. The largest absolute Gasteiger partial charge is 0.379 e. The number of anilines is 1. The second kappa shape index (κ2) is 7.59. The van der Waals surface area contributed by atoms with E-state index in [1.165, 1.54) is 0 Å². The molecule has 1 aliphatic rings. The average Bonchev–Trinajstić information content (AvgIpc) is 2.51. The van der Waals surface area contributed by atoms with Gasteiger partial charge < -0.3 is 15.4 Å². The van der Waals surface area contributed by atoms with E-state index in [1.54, 1.807) is 0 Å². The molecule has 0 unspecified atom stereocenters. The number of hydrogen-bond acceptors (Lipinski definition) is 3. The molecule has 0 bridgehead atoms. The SMILES string of the molecule is Cc1c(Cl)cccc1NC(=S)NCC(C)(C)N1CCOCC1. The molecule has 0 aromatic heterocycles. The number of morpholine rings is 1. The highest BCUT2D eigenvalue weighted by Crippen LogP contribution is 2.23. The number of nitrogens with zero attached hydrogens (tertiary/aromatic N) is 1. The van der Waals surface area contributed by atoms with Crippen LogP contribution in [0.4, 0.5) is 5.69 Å². The van der Waals surface area contributed by atoms with Crippen molar-refractivity contribution in [2.24, 2.45) is 0 Å². The van der Waals surface area contributed by atoms with Crippen LogP contribution in [0.3, 0.4) is 0 Å². The summed E-state index contributed by atoms with van der Waals surface area (Å²) in [6.07, 6.45) is 0. The monoisotopic (exact) mass is 341 g/mol. The molecule has 1 saturated heterocycles. The van der Waals surface area contributed by atoms with E-state index in [0.717, 1.165) is 49.1 Å². The summed E-state index contributed by atoms with van der Waals surface area (Å²) in [4.78, 5) is 2.43. The molecule has 2 rings (SSSR count). The van der Waals surface area contributed by atoms with Crippen molar-refractivity contribution in [2.45, 2.75) is 26.3 Å². The summed E-state index contributed by atoms with van der Waals surface area (Å²) in [5, 5.41) is 7.88. The van der Waals surface area contributed by atoms with Crippen LogP contribution in [0.1, 0.15) is 19.4 Å². The fourth-order valence-corrected chi connectivity index (χ4v) is 2.84. The Kier molecular flexibility index (Phi) is 6.03. The van der Waals surface area contributed by atoms with Gasteiger partial charge in [0.15, 0.2) is 5.11 Å². The molecule has 0 radical (unpaired) electrons. The van der Waals surface area contributed by atoms with Crippen LogP contribution in [0, 0.1) is 6.92 Å². The second-order valence-electron chi connectivity index (χ2n) is 6.13. The third-order valence-electron chi connectivity index (χ3n) is 4.06. The molecular weight excluding hydrogens is 318 g/mol. The average molecular weight is 342 g/mol. The highest BCUT2D eigenvalue weighted by molar-refractivity contribution is 7.80. The van der Waals surface area contributed by atoms with Crippen LogP contribution in [-0.4, -0.2) is 48.4 Å². The molecule has 0 saturated carbocycles. The van der Waals surface area contributed by atoms with Gasteiger partial charge in [0, 0.05) is 35.9 Å². The maximum atomic E-state index is 6.13. The molecule has 22 heavy (non-hydrogen) atoms. The van der Waals surface area contributed by atoms with E-state index in [0.29, 0.717) is 5.11 Å². The molecular formula is C16H24ClN3OS. The van der Waals surface area contributed by atoms with E-state index in [2.05, 4.69) is 29.4 Å². The first-order chi connectivity index (χ1) is 10.4. The van der Waals surface area contributed by atoms with Crippen LogP contribution >= 0.6 is 23.8 Å². The van der Waals surface area contributed by atoms with Gasteiger partial charge in [-0.05, 0) is 50.7 Å². The molecule has 122 valence electrons. The first kappa shape index (κ1) is 17.5. The summed E-state index contributed by atoms with van der Waals surface area (Å²) >= 11 is 11.5. The zero-order valence-electron chi connectivity index (χ0n) is 13.4. The van der Waals surface area contributed by atoms with Crippen molar-refractivity contribution in [2.75, 3.05) is 38.2 Å². The second-order valence-corrected chi connectivity index (χ2v) is 6.95. The lowest BCUT2D eigenvalue weighted by Gasteiger charge is -2.41. The van der Waals surface area contributed by atoms with Gasteiger partial charge in [-0.1, -0.05) is 17.7 Å². The number of nitrogens with one attached hydrogen (secondary N) is 2. The highest BCUT2D eigenvalue weighted by Gasteiger charge is 2.28. The quantitative estimate of drug-likeness (QED) is 0.823. The van der Waals surface area contributed by atoms with Crippen LogP contribution in [0.15, 0.2) is 18.2 Å². The van der Waals surface area contributed by atoms with Gasteiger partial charge >= 0.3 is 0 Å². The third kappa shape index (κ3) is 4.56. The van der Waals surface area contributed by atoms with Crippen molar-refractivity contribution in [3.63, 3.8) is 0 Å². The van der Waals surface area contributed by atoms with Gasteiger partial charge in [0.2, 0.25) is 0 Å². The van der Waals surface area contributed by atoms with Crippen molar-refractivity contribution < 1.29 is 4.74 Å². The Balaban J connectivity index is 1.88. The zero-order valence-corrected chi connectivity index (χ0v) is 15.0. The lowest BCUT2D eigenvalue weighted by atomic mass is 10.0. The Labute approximate surface area is 143 Å². The first-order valence-electron chi connectivity index (χ1n) is 7.53. The lowest BCUT2D eigenvalue weighted by Crippen LogP contribution is -2.55. The Bertz CT molecular complexity index is 530. The van der Waals surface area contributed by atoms with Crippen molar-refractivity contribution in [3.05, 3.63) is 28.8 Å². The van der Waals surface area contributed by atoms with Crippen LogP contribution in [0.25, 0.3) is 0 Å². The molecule has 1 aliphatic heterocycles. The van der Waals surface area contributed by atoms with Gasteiger partial charge in [0.1, 0.15) is 0 Å². The molecule has 1 heterocycles. The predicted octanol–water partition coefficient (Wildman–Crippen LogP) is 3.05. The number of benzene rings is 1. The molecule has 1 aromatic rings. The topological polar surface area (TPSA) is 36.5 Å². The minimum absolute atomic E-state index is 0.0267. The van der Waals surface area contributed by atoms with Gasteiger partial charge in [0.05, 0.1) is 13.2 Å². The zero-order chi connectivity index (χ0) is 16.2. The van der Waals surface area contributed by atoms with E-state index in [4.69, 9.17) is 28.6 Å². The fourth-order valence-electron chi connectivity index (χ4n) is 2.49. The highest BCUT2D eigenvalue weighted by atomic mass is 35.5. The molecule has 0 spiro atoms. The molecule has 1 fully saturated rings. The van der Waals surface area contributed by atoms with Crippen LogP contribution in [0.2, 0.25) is 5.02 Å². The summed E-state index contributed by atoms with van der Waals surface area (Å²) in [6, 6.07) is 5.76. The number of rotatable bonds is 4. The summed E-state index contributed by atoms with van der Waals surface area (Å²) in [7, 11) is 0. The van der Waals surface area contributed by atoms with Crippen molar-refractivity contribution in [1.29, 1.82) is 0 Å². The van der Waals surface area contributed by atoms with Gasteiger partial charge in [0.25, 0.3) is 0 Å². The van der Waals surface area contributed by atoms with Crippen LogP contribution in [-0.2, 0) is 4.74 Å². The number of halogens is 1. The summed E-state index contributed by atoms with van der Waals surface area (Å²) < 4.78 is 5.41. The minimum Gasteiger partial charge on any atom is -0.379 e. The van der Waals surface area contributed by atoms with E-state index < -0.39 is 0 Å². The van der Waals surface area contributed by atoms with Gasteiger partial charge in [-0.15, -0.1) is 0 Å². The van der Waals surface area contributed by atoms with Crippen molar-refractivity contribution in [1.82, 2.24) is 10.2 Å². The Morgan fingerprint density at radius 3 is 2.73 bits per heavy atom. The summed E-state index contributed by atoms with van der Waals surface area (Å²) in [6.45, 7) is 10.7. The molecule has 2 N–H and O–H groups in total. The predicted molar refractivity (Wildman–Crippen MR) is 96.9 cm³/mol. The Morgan fingerprint density at radius 1 is 1.36 bits per heavy atom. The smallest absolute Gasteiger partial charge is 0.170 e. The Hall–Kier alpha value is -0.880. The summed E-state index contributed by atoms with van der Waals surface area (Å²) in [5.41, 5.74) is 1.97. The molecule has 4 nitrogen and oxygen atoms in total.